The first-order chi connectivity index (χ1) is 9.06. The highest BCUT2D eigenvalue weighted by atomic mass is 35.5. The summed E-state index contributed by atoms with van der Waals surface area (Å²) in [6.07, 6.45) is 2.96. The van der Waals surface area contributed by atoms with E-state index in [0.717, 1.165) is 0 Å². The molecule has 8 nitrogen and oxygen atoms in total. The van der Waals surface area contributed by atoms with Crippen LogP contribution in [0.3, 0.4) is 0 Å². The molecular weight excluding hydrogens is 294 g/mol. The molecule has 1 amide bonds. The number of carbonyl (C=O) groups excluding carboxylic acids is 1. The molecule has 19 heavy (non-hydrogen) atoms. The zero-order valence-electron chi connectivity index (χ0n) is 9.64. The number of aromatic amines is 1. The molecular formula is C9H8ClN5O3S. The molecule has 0 radical (unpaired) electrons. The third-order valence-corrected chi connectivity index (χ3v) is 3.04. The summed E-state index contributed by atoms with van der Waals surface area (Å²) in [4.78, 5) is 32.5. The van der Waals surface area contributed by atoms with Crippen LogP contribution in [0, 0.1) is 10.1 Å². The highest BCUT2D eigenvalue weighted by Gasteiger charge is 2.22. The second-order valence-corrected chi connectivity index (χ2v) is 4.44. The van der Waals surface area contributed by atoms with Gasteiger partial charge in [0.15, 0.2) is 16.6 Å². The molecule has 0 unspecified atom stereocenters. The summed E-state index contributed by atoms with van der Waals surface area (Å²) >= 11 is 6.65. The first-order valence-corrected chi connectivity index (χ1v) is 6.76. The lowest BCUT2D eigenvalue weighted by Crippen LogP contribution is -2.14. The molecule has 100 valence electrons. The number of alkyl halides is 1. The Bertz CT molecular complexity index is 659. The number of nitrogens with zero attached hydrogens (tertiary/aromatic N) is 3. The van der Waals surface area contributed by atoms with Gasteiger partial charge in [0.25, 0.3) is 5.69 Å². The Labute approximate surface area is 116 Å². The Morgan fingerprint density at radius 1 is 1.63 bits per heavy atom. The molecule has 2 heterocycles. The lowest BCUT2D eigenvalue weighted by molar-refractivity contribution is -0.383. The number of carbonyl (C=O) groups is 1. The van der Waals surface area contributed by atoms with Crippen LogP contribution in [0.2, 0.25) is 0 Å². The molecule has 2 N–H and O–H groups in total. The van der Waals surface area contributed by atoms with Crippen molar-refractivity contribution >= 4 is 51.8 Å². The van der Waals surface area contributed by atoms with Crippen LogP contribution in [0.15, 0.2) is 11.4 Å². The molecule has 2 aromatic rings. The van der Waals surface area contributed by atoms with Gasteiger partial charge in [-0.15, -0.1) is 11.6 Å². The minimum atomic E-state index is -0.572. The highest BCUT2D eigenvalue weighted by molar-refractivity contribution is 7.98. The van der Waals surface area contributed by atoms with E-state index in [1.807, 2.05) is 0 Å². The van der Waals surface area contributed by atoms with Crippen molar-refractivity contribution in [2.75, 3.05) is 17.5 Å². The fourth-order valence-corrected chi connectivity index (χ4v) is 1.92. The number of hydrogen-bond acceptors (Lipinski definition) is 6. The normalized spacial score (nSPS) is 10.6. The van der Waals surface area contributed by atoms with Crippen molar-refractivity contribution < 1.29 is 9.72 Å². The van der Waals surface area contributed by atoms with E-state index in [0.29, 0.717) is 5.16 Å². The standard InChI is InChI=1S/C9H8ClN5O3S/c1-19-9-13-7-6(4(3-11-7)15(17)18)8(14-9)12-5(16)2-10/h3H,2H2,1H3,(H2,11,12,13,14,16). The van der Waals surface area contributed by atoms with Crippen molar-refractivity contribution in [2.24, 2.45) is 0 Å². The predicted molar refractivity (Wildman–Crippen MR) is 71.7 cm³/mol. The third-order valence-electron chi connectivity index (χ3n) is 2.25. The number of fused-ring (bicyclic) bond motifs is 1. The summed E-state index contributed by atoms with van der Waals surface area (Å²) in [6, 6.07) is 0. The zero-order valence-corrected chi connectivity index (χ0v) is 11.2. The van der Waals surface area contributed by atoms with Gasteiger partial charge in [-0.2, -0.15) is 0 Å². The second-order valence-electron chi connectivity index (χ2n) is 3.40. The van der Waals surface area contributed by atoms with E-state index in [-0.39, 0.29) is 28.4 Å². The average molecular weight is 302 g/mol. The van der Waals surface area contributed by atoms with Crippen LogP contribution in [0.5, 0.6) is 0 Å². The fourth-order valence-electron chi connectivity index (χ4n) is 1.49. The van der Waals surface area contributed by atoms with Crippen LogP contribution < -0.4 is 5.32 Å². The molecule has 2 aromatic heterocycles. The van der Waals surface area contributed by atoms with Gasteiger partial charge in [-0.1, -0.05) is 11.8 Å². The molecule has 0 spiro atoms. The van der Waals surface area contributed by atoms with Crippen molar-refractivity contribution in [3.63, 3.8) is 0 Å². The molecule has 0 aliphatic rings. The van der Waals surface area contributed by atoms with Crippen molar-refractivity contribution in [3.8, 4) is 0 Å². The maximum Gasteiger partial charge on any atom is 0.299 e. The lowest BCUT2D eigenvalue weighted by atomic mass is 10.3. The van der Waals surface area contributed by atoms with E-state index in [4.69, 9.17) is 11.6 Å². The van der Waals surface area contributed by atoms with E-state index < -0.39 is 10.8 Å². The second kappa shape index (κ2) is 5.41. The summed E-state index contributed by atoms with van der Waals surface area (Å²) in [5, 5.41) is 13.9. The predicted octanol–water partition coefficient (Wildman–Crippen LogP) is 1.77. The monoisotopic (exact) mass is 301 g/mol. The fraction of sp³-hybridized carbons (Fsp3) is 0.222. The summed E-state index contributed by atoms with van der Waals surface area (Å²) in [6.45, 7) is 0. The van der Waals surface area contributed by atoms with Gasteiger partial charge in [-0.25, -0.2) is 9.97 Å². The Morgan fingerprint density at radius 2 is 2.37 bits per heavy atom. The van der Waals surface area contributed by atoms with Crippen molar-refractivity contribution in [2.45, 2.75) is 5.16 Å². The summed E-state index contributed by atoms with van der Waals surface area (Å²) in [7, 11) is 0. The molecule has 0 saturated heterocycles. The summed E-state index contributed by atoms with van der Waals surface area (Å²) in [5.74, 6) is -0.685. The maximum atomic E-state index is 11.3. The SMILES string of the molecule is CSc1nc(NC(=O)CCl)c2c([N+](=O)[O-])c[nH]c2n1. The van der Waals surface area contributed by atoms with Gasteiger partial charge in [0.05, 0.1) is 11.1 Å². The largest absolute Gasteiger partial charge is 0.340 e. The Morgan fingerprint density at radius 3 is 2.95 bits per heavy atom. The Balaban J connectivity index is 2.65. The van der Waals surface area contributed by atoms with Crippen LogP contribution in [-0.4, -0.2) is 37.9 Å². The molecule has 0 aliphatic carbocycles. The van der Waals surface area contributed by atoms with E-state index in [9.17, 15) is 14.9 Å². The number of nitrogens with one attached hydrogen (secondary N) is 2. The summed E-state index contributed by atoms with van der Waals surface area (Å²) in [5.41, 5.74) is 0.0865. The van der Waals surface area contributed by atoms with Crippen molar-refractivity contribution in [1.82, 2.24) is 15.0 Å². The molecule has 0 saturated carbocycles. The highest BCUT2D eigenvalue weighted by Crippen LogP contribution is 2.31. The van der Waals surface area contributed by atoms with E-state index in [1.165, 1.54) is 18.0 Å². The third kappa shape index (κ3) is 2.61. The quantitative estimate of drug-likeness (QED) is 0.292. The van der Waals surface area contributed by atoms with E-state index in [2.05, 4.69) is 20.3 Å². The molecule has 2 rings (SSSR count). The number of hydrogen-bond donors (Lipinski definition) is 2. The van der Waals surface area contributed by atoms with Crippen molar-refractivity contribution in [3.05, 3.63) is 16.3 Å². The number of anilines is 1. The van der Waals surface area contributed by atoms with Crippen LogP contribution in [-0.2, 0) is 4.79 Å². The molecule has 0 aromatic carbocycles. The summed E-state index contributed by atoms with van der Waals surface area (Å²) < 4.78 is 0. The van der Waals surface area contributed by atoms with E-state index >= 15 is 0 Å². The number of halogens is 1. The molecule has 0 atom stereocenters. The van der Waals surface area contributed by atoms with Gasteiger partial charge in [0.1, 0.15) is 11.3 Å². The van der Waals surface area contributed by atoms with Crippen molar-refractivity contribution in [1.29, 1.82) is 0 Å². The maximum absolute atomic E-state index is 11.3. The zero-order chi connectivity index (χ0) is 14.0. The Kier molecular flexibility index (Phi) is 3.86. The lowest BCUT2D eigenvalue weighted by Gasteiger charge is -2.05. The number of amides is 1. The van der Waals surface area contributed by atoms with Gasteiger partial charge in [0, 0.05) is 0 Å². The van der Waals surface area contributed by atoms with Gasteiger partial charge >= 0.3 is 0 Å². The van der Waals surface area contributed by atoms with Crippen LogP contribution >= 0.6 is 23.4 Å². The number of aromatic nitrogens is 3. The van der Waals surface area contributed by atoms with Gasteiger partial charge in [0.2, 0.25) is 5.91 Å². The number of thioether (sulfide) groups is 1. The van der Waals surface area contributed by atoms with Gasteiger partial charge in [-0.05, 0) is 6.26 Å². The van der Waals surface area contributed by atoms with E-state index in [1.54, 1.807) is 6.26 Å². The van der Waals surface area contributed by atoms with Gasteiger partial charge < -0.3 is 10.3 Å². The number of rotatable bonds is 4. The average Bonchev–Trinajstić information content (AvgIpc) is 2.82. The molecule has 0 bridgehead atoms. The van der Waals surface area contributed by atoms with Crippen LogP contribution in [0.1, 0.15) is 0 Å². The van der Waals surface area contributed by atoms with Crippen LogP contribution in [0.25, 0.3) is 11.0 Å². The topological polar surface area (TPSA) is 114 Å². The smallest absolute Gasteiger partial charge is 0.299 e. The Hall–Kier alpha value is -1.87. The number of H-pyrrole nitrogens is 1. The molecule has 0 fully saturated rings. The van der Waals surface area contributed by atoms with Crippen LogP contribution in [0.4, 0.5) is 11.5 Å². The molecule has 10 heteroatoms. The first-order valence-electron chi connectivity index (χ1n) is 5.00. The first kappa shape index (κ1) is 13.6. The molecule has 0 aliphatic heterocycles. The number of nitro groups is 1. The van der Waals surface area contributed by atoms with Gasteiger partial charge in [-0.3, -0.25) is 14.9 Å². The minimum Gasteiger partial charge on any atom is -0.340 e. The minimum absolute atomic E-state index is 0.0768.